The molecule has 124 valence electrons. The van der Waals surface area contributed by atoms with Crippen LogP contribution in [0.2, 0.25) is 0 Å². The van der Waals surface area contributed by atoms with E-state index >= 15 is 0 Å². The Morgan fingerprint density at radius 1 is 1.22 bits per heavy atom. The zero-order valence-corrected chi connectivity index (χ0v) is 13.2. The highest BCUT2D eigenvalue weighted by Crippen LogP contribution is 2.39. The van der Waals surface area contributed by atoms with E-state index in [2.05, 4.69) is 23.1 Å². The van der Waals surface area contributed by atoms with Gasteiger partial charge in [-0.05, 0) is 50.5 Å². The lowest BCUT2D eigenvalue weighted by Gasteiger charge is -2.18. The zero-order valence-electron chi connectivity index (χ0n) is 13.2. The van der Waals surface area contributed by atoms with Gasteiger partial charge in [0.25, 0.3) is 0 Å². The van der Waals surface area contributed by atoms with E-state index in [9.17, 15) is 4.79 Å². The number of benzene rings is 1. The van der Waals surface area contributed by atoms with Crippen molar-refractivity contribution >= 4 is 11.6 Å². The number of anilines is 1. The molecule has 1 aromatic rings. The Bertz CT molecular complexity index is 577. The predicted molar refractivity (Wildman–Crippen MR) is 85.8 cm³/mol. The first-order valence-electron chi connectivity index (χ1n) is 8.41. The molecule has 3 heterocycles. The summed E-state index contributed by atoms with van der Waals surface area (Å²) in [6.45, 7) is 2.11. The number of fused-ring (bicyclic) bond motifs is 2. The molecule has 0 aromatic heterocycles. The summed E-state index contributed by atoms with van der Waals surface area (Å²) in [5.74, 6) is 0.862. The maximum Gasteiger partial charge on any atom is 0.230 e. The van der Waals surface area contributed by atoms with Gasteiger partial charge in [-0.1, -0.05) is 0 Å². The van der Waals surface area contributed by atoms with Crippen LogP contribution in [0.3, 0.4) is 0 Å². The van der Waals surface area contributed by atoms with Crippen LogP contribution >= 0.6 is 0 Å². The topological polar surface area (TPSA) is 71.6 Å². The Hall–Kier alpha value is -1.63. The minimum absolute atomic E-state index is 0.0000673. The lowest BCUT2D eigenvalue weighted by atomic mass is 9.88. The number of amides is 1. The fourth-order valence-corrected chi connectivity index (χ4v) is 3.68. The summed E-state index contributed by atoms with van der Waals surface area (Å²) in [5.41, 5.74) is 7.03. The van der Waals surface area contributed by atoms with Crippen molar-refractivity contribution in [3.63, 3.8) is 0 Å². The number of hydrogen-bond donors (Lipinski definition) is 3. The second kappa shape index (κ2) is 6.11. The van der Waals surface area contributed by atoms with Crippen LogP contribution in [0.1, 0.15) is 32.6 Å². The molecule has 0 aliphatic carbocycles. The molecule has 0 saturated carbocycles. The van der Waals surface area contributed by atoms with Crippen LogP contribution in [-0.2, 0) is 9.53 Å². The van der Waals surface area contributed by atoms with E-state index in [1.165, 1.54) is 0 Å². The molecule has 6 heteroatoms. The van der Waals surface area contributed by atoms with Crippen LogP contribution < -0.4 is 20.9 Å². The number of carbonyl (C=O) groups is 1. The number of rotatable bonds is 4. The summed E-state index contributed by atoms with van der Waals surface area (Å²) in [7, 11) is 0. The van der Waals surface area contributed by atoms with Crippen molar-refractivity contribution in [3.8, 4) is 5.75 Å². The van der Waals surface area contributed by atoms with Crippen molar-refractivity contribution in [1.29, 1.82) is 0 Å². The van der Waals surface area contributed by atoms with Gasteiger partial charge in [-0.2, -0.15) is 0 Å². The van der Waals surface area contributed by atoms with Gasteiger partial charge in [0.15, 0.2) is 6.23 Å². The molecule has 1 aromatic carbocycles. The molecule has 23 heavy (non-hydrogen) atoms. The second-order valence-electron chi connectivity index (χ2n) is 6.76. The molecule has 6 nitrogen and oxygen atoms in total. The van der Waals surface area contributed by atoms with Crippen molar-refractivity contribution in [3.05, 3.63) is 24.3 Å². The van der Waals surface area contributed by atoms with Gasteiger partial charge in [-0.3, -0.25) is 10.2 Å². The minimum atomic E-state index is -0.0170. The van der Waals surface area contributed by atoms with Gasteiger partial charge in [0, 0.05) is 18.2 Å². The summed E-state index contributed by atoms with van der Waals surface area (Å²) in [6.07, 6.45) is 4.28. The molecule has 3 aliphatic heterocycles. The van der Waals surface area contributed by atoms with Crippen LogP contribution in [0.15, 0.2) is 24.3 Å². The van der Waals surface area contributed by atoms with Gasteiger partial charge in [0.05, 0.1) is 18.1 Å². The lowest BCUT2D eigenvalue weighted by Crippen LogP contribution is -2.35. The molecular formula is C17H23N3O3. The molecule has 5 atom stereocenters. The van der Waals surface area contributed by atoms with Gasteiger partial charge in [0.1, 0.15) is 5.75 Å². The van der Waals surface area contributed by atoms with Gasteiger partial charge >= 0.3 is 0 Å². The standard InChI is InChI=1S/C17H23N3O3/c1-10-8-16(20-19-10)23-12-4-2-11(3-5-12)18-17(21)14-9-13-6-7-15(14)22-13/h2-5,10,13-16,19-20H,6-9H2,1H3,(H,18,21). The van der Waals surface area contributed by atoms with E-state index < -0.39 is 0 Å². The predicted octanol–water partition coefficient (Wildman–Crippen LogP) is 1.78. The highest BCUT2D eigenvalue weighted by molar-refractivity contribution is 5.93. The van der Waals surface area contributed by atoms with Crippen LogP contribution in [0.5, 0.6) is 5.75 Å². The lowest BCUT2D eigenvalue weighted by molar-refractivity contribution is -0.121. The van der Waals surface area contributed by atoms with Crippen LogP contribution in [0, 0.1) is 5.92 Å². The largest absolute Gasteiger partial charge is 0.474 e. The zero-order chi connectivity index (χ0) is 15.8. The first-order chi connectivity index (χ1) is 11.2. The van der Waals surface area contributed by atoms with Gasteiger partial charge < -0.3 is 14.8 Å². The van der Waals surface area contributed by atoms with E-state index in [1.54, 1.807) is 0 Å². The van der Waals surface area contributed by atoms with E-state index in [-0.39, 0.29) is 24.2 Å². The Balaban J connectivity index is 1.32. The molecule has 0 radical (unpaired) electrons. The number of ether oxygens (including phenoxy) is 2. The number of hydrazine groups is 1. The number of carbonyl (C=O) groups excluding carboxylic acids is 1. The third-order valence-corrected chi connectivity index (χ3v) is 4.90. The third-order valence-electron chi connectivity index (χ3n) is 4.90. The molecule has 0 spiro atoms. The van der Waals surface area contributed by atoms with Crippen molar-refractivity contribution in [2.45, 2.75) is 57.1 Å². The molecular weight excluding hydrogens is 294 g/mol. The van der Waals surface area contributed by atoms with Crippen LogP contribution in [0.25, 0.3) is 0 Å². The van der Waals surface area contributed by atoms with Gasteiger partial charge in [-0.15, -0.1) is 0 Å². The molecule has 3 saturated heterocycles. The summed E-state index contributed by atoms with van der Waals surface area (Å²) in [4.78, 5) is 12.4. The van der Waals surface area contributed by atoms with E-state index in [1.807, 2.05) is 24.3 Å². The number of nitrogens with one attached hydrogen (secondary N) is 3. The van der Waals surface area contributed by atoms with Crippen molar-refractivity contribution in [2.24, 2.45) is 5.92 Å². The molecule has 3 aliphatic rings. The summed E-state index contributed by atoms with van der Waals surface area (Å²) in [5, 5.41) is 2.99. The van der Waals surface area contributed by atoms with E-state index in [0.29, 0.717) is 12.1 Å². The average Bonchev–Trinajstić information content (AvgIpc) is 3.26. The van der Waals surface area contributed by atoms with E-state index in [0.717, 1.165) is 37.1 Å². The van der Waals surface area contributed by atoms with Gasteiger partial charge in [-0.25, -0.2) is 5.43 Å². The highest BCUT2D eigenvalue weighted by atomic mass is 16.5. The van der Waals surface area contributed by atoms with E-state index in [4.69, 9.17) is 9.47 Å². The Labute approximate surface area is 135 Å². The Kier molecular flexibility index (Phi) is 3.97. The highest BCUT2D eigenvalue weighted by Gasteiger charge is 2.44. The number of hydrogen-bond acceptors (Lipinski definition) is 5. The third kappa shape index (κ3) is 3.20. The van der Waals surface area contributed by atoms with Crippen LogP contribution in [-0.4, -0.2) is 30.4 Å². The molecule has 1 amide bonds. The fourth-order valence-electron chi connectivity index (χ4n) is 3.68. The second-order valence-corrected chi connectivity index (χ2v) is 6.76. The molecule has 4 rings (SSSR count). The van der Waals surface area contributed by atoms with Crippen molar-refractivity contribution in [1.82, 2.24) is 10.9 Å². The maximum atomic E-state index is 12.4. The molecule has 3 N–H and O–H groups in total. The smallest absolute Gasteiger partial charge is 0.230 e. The summed E-state index contributed by atoms with van der Waals surface area (Å²) < 4.78 is 11.6. The maximum absolute atomic E-state index is 12.4. The first-order valence-corrected chi connectivity index (χ1v) is 8.41. The Morgan fingerprint density at radius 2 is 2.04 bits per heavy atom. The van der Waals surface area contributed by atoms with Crippen molar-refractivity contribution in [2.75, 3.05) is 5.32 Å². The molecule has 2 bridgehead atoms. The first kappa shape index (κ1) is 14.9. The normalized spacial score (nSPS) is 35.4. The summed E-state index contributed by atoms with van der Waals surface area (Å²) >= 11 is 0. The van der Waals surface area contributed by atoms with Gasteiger partial charge in [0.2, 0.25) is 5.91 Å². The summed E-state index contributed by atoms with van der Waals surface area (Å²) in [6, 6.07) is 7.94. The average molecular weight is 317 g/mol. The quantitative estimate of drug-likeness (QED) is 0.790. The SMILES string of the molecule is CC1CC(Oc2ccc(NC(=O)C3CC4CCC3O4)cc2)NN1. The monoisotopic (exact) mass is 317 g/mol. The van der Waals surface area contributed by atoms with Crippen LogP contribution in [0.4, 0.5) is 5.69 Å². The minimum Gasteiger partial charge on any atom is -0.474 e. The molecule has 3 fully saturated rings. The fraction of sp³-hybridized carbons (Fsp3) is 0.588. The van der Waals surface area contributed by atoms with Crippen molar-refractivity contribution < 1.29 is 14.3 Å². The molecule has 5 unspecified atom stereocenters. The Morgan fingerprint density at radius 3 is 2.65 bits per heavy atom.